The smallest absolute Gasteiger partial charge is 0.0541 e. The summed E-state index contributed by atoms with van der Waals surface area (Å²) >= 11 is 1.88. The zero-order chi connectivity index (χ0) is 28.0. The minimum Gasteiger partial charge on any atom is -0.309 e. The Labute approximate surface area is 250 Å². The lowest BCUT2D eigenvalue weighted by molar-refractivity contribution is 0.795. The molecule has 202 valence electrons. The predicted molar refractivity (Wildman–Crippen MR) is 183 cm³/mol. The minimum atomic E-state index is 1.15. The van der Waals surface area contributed by atoms with Crippen LogP contribution >= 0.6 is 11.3 Å². The molecule has 0 aliphatic carbocycles. The van der Waals surface area contributed by atoms with E-state index in [1.54, 1.807) is 0 Å². The second-order valence-corrected chi connectivity index (χ2v) is 12.3. The summed E-state index contributed by atoms with van der Waals surface area (Å²) in [5.41, 5.74) is 10.1. The molecule has 0 amide bonds. The van der Waals surface area contributed by atoms with E-state index in [2.05, 4.69) is 145 Å². The maximum Gasteiger partial charge on any atom is 0.0541 e. The van der Waals surface area contributed by atoms with Gasteiger partial charge in [0.25, 0.3) is 0 Å². The molecule has 0 saturated heterocycles. The average Bonchev–Trinajstić information content (AvgIpc) is 3.59. The van der Waals surface area contributed by atoms with Gasteiger partial charge in [0.1, 0.15) is 0 Å². The lowest BCUT2D eigenvalue weighted by Crippen LogP contribution is -1.93. The molecule has 8 rings (SSSR count). The number of rotatable bonds is 6. The van der Waals surface area contributed by atoms with E-state index in [-0.39, 0.29) is 0 Å². The molecular weight excluding hydrogens is 527 g/mol. The summed E-state index contributed by atoms with van der Waals surface area (Å²) in [6, 6.07) is 49.5. The highest BCUT2D eigenvalue weighted by Crippen LogP contribution is 2.40. The number of benzene rings is 6. The maximum atomic E-state index is 2.45. The molecule has 0 spiro atoms. The molecule has 0 fully saturated rings. The van der Waals surface area contributed by atoms with Gasteiger partial charge in [-0.25, -0.2) is 0 Å². The molecule has 42 heavy (non-hydrogen) atoms. The quantitative estimate of drug-likeness (QED) is 0.192. The summed E-state index contributed by atoms with van der Waals surface area (Å²) in [6.07, 6.45) is 3.61. The summed E-state index contributed by atoms with van der Waals surface area (Å²) in [5, 5.41) is 5.23. The summed E-state index contributed by atoms with van der Waals surface area (Å²) < 4.78 is 5.11. The third-order valence-corrected chi connectivity index (χ3v) is 9.73. The van der Waals surface area contributed by atoms with Gasteiger partial charge in [-0.05, 0) is 83.1 Å². The van der Waals surface area contributed by atoms with Gasteiger partial charge in [0, 0.05) is 36.6 Å². The molecule has 0 aliphatic heterocycles. The number of aryl methyl sites for hydroxylation is 1. The van der Waals surface area contributed by atoms with Crippen LogP contribution in [0.15, 0.2) is 133 Å². The Bertz CT molecular complexity index is 2210. The van der Waals surface area contributed by atoms with Gasteiger partial charge in [-0.2, -0.15) is 0 Å². The first kappa shape index (κ1) is 25.1. The SMILES string of the molecule is CCCCc1ccc(-c2ccc3c(c2)c2cc(-c4ccccc4)ccc2n3-c2ccc3c(c2)sc2ccccc23)cc1. The van der Waals surface area contributed by atoms with E-state index < -0.39 is 0 Å². The zero-order valence-electron chi connectivity index (χ0n) is 23.7. The van der Waals surface area contributed by atoms with Crippen LogP contribution in [0.25, 0.3) is 69.9 Å². The Morgan fingerprint density at radius 1 is 0.500 bits per heavy atom. The van der Waals surface area contributed by atoms with E-state index in [4.69, 9.17) is 0 Å². The van der Waals surface area contributed by atoms with Crippen molar-refractivity contribution in [2.75, 3.05) is 0 Å². The molecule has 2 heterocycles. The van der Waals surface area contributed by atoms with Crippen LogP contribution in [0.3, 0.4) is 0 Å². The van der Waals surface area contributed by atoms with E-state index in [1.165, 1.54) is 88.3 Å². The number of hydrogen-bond donors (Lipinski definition) is 0. The van der Waals surface area contributed by atoms with E-state index in [1.807, 2.05) is 11.3 Å². The van der Waals surface area contributed by atoms with Crippen LogP contribution in [0.5, 0.6) is 0 Å². The monoisotopic (exact) mass is 557 g/mol. The maximum absolute atomic E-state index is 2.45. The fourth-order valence-electron chi connectivity index (χ4n) is 6.39. The molecule has 6 aromatic carbocycles. The van der Waals surface area contributed by atoms with Crippen molar-refractivity contribution in [1.29, 1.82) is 0 Å². The summed E-state index contributed by atoms with van der Waals surface area (Å²) in [6.45, 7) is 2.25. The predicted octanol–water partition coefficient (Wildman–Crippen LogP) is 11.8. The van der Waals surface area contributed by atoms with Crippen molar-refractivity contribution in [3.63, 3.8) is 0 Å². The van der Waals surface area contributed by atoms with E-state index >= 15 is 0 Å². The van der Waals surface area contributed by atoms with Gasteiger partial charge in [-0.3, -0.25) is 0 Å². The van der Waals surface area contributed by atoms with Crippen LogP contribution in [0, 0.1) is 0 Å². The second-order valence-electron chi connectivity index (χ2n) is 11.2. The number of hydrogen-bond acceptors (Lipinski definition) is 1. The van der Waals surface area contributed by atoms with Crippen molar-refractivity contribution in [2.24, 2.45) is 0 Å². The molecular formula is C40H31NS. The van der Waals surface area contributed by atoms with Crippen LogP contribution < -0.4 is 0 Å². The van der Waals surface area contributed by atoms with Gasteiger partial charge in [0.05, 0.1) is 11.0 Å². The summed E-state index contributed by atoms with van der Waals surface area (Å²) in [7, 11) is 0. The fourth-order valence-corrected chi connectivity index (χ4v) is 7.53. The molecule has 0 radical (unpaired) electrons. The molecule has 2 aromatic heterocycles. The third-order valence-electron chi connectivity index (χ3n) is 8.60. The molecule has 0 unspecified atom stereocenters. The Balaban J connectivity index is 1.33. The van der Waals surface area contributed by atoms with E-state index in [0.29, 0.717) is 0 Å². The molecule has 0 saturated carbocycles. The third kappa shape index (κ3) is 4.22. The van der Waals surface area contributed by atoms with Gasteiger partial charge < -0.3 is 4.57 Å². The highest BCUT2D eigenvalue weighted by atomic mass is 32.1. The Morgan fingerprint density at radius 2 is 1.12 bits per heavy atom. The highest BCUT2D eigenvalue weighted by molar-refractivity contribution is 7.25. The van der Waals surface area contributed by atoms with Crippen LogP contribution in [0.4, 0.5) is 0 Å². The number of unbranched alkanes of at least 4 members (excludes halogenated alkanes) is 1. The Kier molecular flexibility index (Phi) is 6.16. The van der Waals surface area contributed by atoms with E-state index in [9.17, 15) is 0 Å². The van der Waals surface area contributed by atoms with Crippen LogP contribution in [-0.4, -0.2) is 4.57 Å². The van der Waals surface area contributed by atoms with Crippen molar-refractivity contribution in [3.05, 3.63) is 139 Å². The molecule has 0 bridgehead atoms. The number of fused-ring (bicyclic) bond motifs is 6. The zero-order valence-corrected chi connectivity index (χ0v) is 24.5. The summed E-state index contributed by atoms with van der Waals surface area (Å²) in [4.78, 5) is 0. The molecule has 2 heteroatoms. The fraction of sp³-hybridized carbons (Fsp3) is 0.100. The molecule has 1 nitrogen and oxygen atoms in total. The largest absolute Gasteiger partial charge is 0.309 e. The van der Waals surface area contributed by atoms with Gasteiger partial charge >= 0.3 is 0 Å². The summed E-state index contributed by atoms with van der Waals surface area (Å²) in [5.74, 6) is 0. The molecule has 0 aliphatic rings. The van der Waals surface area contributed by atoms with Crippen molar-refractivity contribution in [1.82, 2.24) is 4.57 Å². The average molecular weight is 558 g/mol. The standard InChI is InChI=1S/C40H31NS/c1-2-3-9-27-14-16-29(17-15-27)31-19-23-38-36(25-31)35-24-30(28-10-5-4-6-11-28)18-22-37(35)41(38)32-20-21-34-33-12-7-8-13-39(33)42-40(34)26-32/h4-8,10-26H,2-3,9H2,1H3. The van der Waals surface area contributed by atoms with Gasteiger partial charge in [0.15, 0.2) is 0 Å². The first-order valence-corrected chi connectivity index (χ1v) is 15.7. The van der Waals surface area contributed by atoms with E-state index in [0.717, 1.165) is 6.42 Å². The normalized spacial score (nSPS) is 11.7. The highest BCUT2D eigenvalue weighted by Gasteiger charge is 2.16. The number of nitrogens with zero attached hydrogens (tertiary/aromatic N) is 1. The first-order chi connectivity index (χ1) is 20.8. The lowest BCUT2D eigenvalue weighted by atomic mass is 9.99. The lowest BCUT2D eigenvalue weighted by Gasteiger charge is -2.09. The molecule has 0 atom stereocenters. The van der Waals surface area contributed by atoms with Crippen LogP contribution in [0.1, 0.15) is 25.3 Å². The molecule has 0 N–H and O–H groups in total. The first-order valence-electron chi connectivity index (χ1n) is 14.9. The molecule has 8 aromatic rings. The van der Waals surface area contributed by atoms with Crippen molar-refractivity contribution in [2.45, 2.75) is 26.2 Å². The van der Waals surface area contributed by atoms with Crippen molar-refractivity contribution in [3.8, 4) is 27.9 Å². The number of thiophene rings is 1. The second kappa shape index (κ2) is 10.3. The minimum absolute atomic E-state index is 1.15. The van der Waals surface area contributed by atoms with Gasteiger partial charge in [0.2, 0.25) is 0 Å². The van der Waals surface area contributed by atoms with Crippen LogP contribution in [0.2, 0.25) is 0 Å². The van der Waals surface area contributed by atoms with Crippen molar-refractivity contribution >= 4 is 53.3 Å². The van der Waals surface area contributed by atoms with Crippen molar-refractivity contribution < 1.29 is 0 Å². The number of aromatic nitrogens is 1. The van der Waals surface area contributed by atoms with Gasteiger partial charge in [-0.15, -0.1) is 11.3 Å². The Hall–Kier alpha value is -4.66. The Morgan fingerprint density at radius 3 is 1.83 bits per heavy atom. The van der Waals surface area contributed by atoms with Gasteiger partial charge in [-0.1, -0.05) is 104 Å². The topological polar surface area (TPSA) is 4.93 Å². The van der Waals surface area contributed by atoms with Crippen LogP contribution in [-0.2, 0) is 6.42 Å².